The van der Waals surface area contributed by atoms with Crippen molar-refractivity contribution in [3.8, 4) is 0 Å². The molecule has 1 amide bonds. The molecule has 1 N–H and O–H groups in total. The van der Waals surface area contributed by atoms with Crippen molar-refractivity contribution in [2.45, 2.75) is 6.61 Å². The second kappa shape index (κ2) is 6.16. The van der Waals surface area contributed by atoms with E-state index in [0.29, 0.717) is 11.3 Å². The number of hydrogen-bond donors (Lipinski definition) is 1. The smallest absolute Gasteiger partial charge is 0.411 e. The SMILES string of the molecule is [CH2]c1sccc1NC(=O)OCc1ccc([N+](=O)[O-])cc1. The van der Waals surface area contributed by atoms with Crippen LogP contribution in [-0.4, -0.2) is 11.0 Å². The highest BCUT2D eigenvalue weighted by molar-refractivity contribution is 7.10. The van der Waals surface area contributed by atoms with Crippen LogP contribution in [0.4, 0.5) is 16.2 Å². The van der Waals surface area contributed by atoms with E-state index in [9.17, 15) is 14.9 Å². The maximum Gasteiger partial charge on any atom is 0.411 e. The Hall–Kier alpha value is -2.41. The molecule has 0 aliphatic carbocycles. The van der Waals surface area contributed by atoms with Gasteiger partial charge in [0.2, 0.25) is 0 Å². The lowest BCUT2D eigenvalue weighted by molar-refractivity contribution is -0.384. The number of anilines is 1. The highest BCUT2D eigenvalue weighted by Gasteiger charge is 2.08. The molecule has 103 valence electrons. The third kappa shape index (κ3) is 3.55. The van der Waals surface area contributed by atoms with Crippen LogP contribution in [0.5, 0.6) is 0 Å². The standard InChI is InChI=1S/C13H11N2O4S/c1-9-12(6-7-20-9)14-13(16)19-8-10-2-4-11(5-3-10)15(17)18/h2-7H,1,8H2,(H,14,16). The number of rotatable bonds is 4. The van der Waals surface area contributed by atoms with E-state index in [1.54, 1.807) is 18.2 Å². The first-order chi connectivity index (χ1) is 9.56. The number of amides is 1. The topological polar surface area (TPSA) is 81.5 Å². The molecule has 0 spiro atoms. The van der Waals surface area contributed by atoms with Crippen molar-refractivity contribution in [1.29, 1.82) is 0 Å². The summed E-state index contributed by atoms with van der Waals surface area (Å²) in [6, 6.07) is 7.55. The van der Waals surface area contributed by atoms with E-state index in [-0.39, 0.29) is 12.3 Å². The van der Waals surface area contributed by atoms with Gasteiger partial charge in [-0.15, -0.1) is 11.3 Å². The second-order valence-corrected chi connectivity index (χ2v) is 4.88. The van der Waals surface area contributed by atoms with Crippen LogP contribution < -0.4 is 5.32 Å². The Morgan fingerprint density at radius 2 is 2.05 bits per heavy atom. The first-order valence-corrected chi connectivity index (χ1v) is 6.51. The van der Waals surface area contributed by atoms with Crippen molar-refractivity contribution >= 4 is 28.8 Å². The van der Waals surface area contributed by atoms with Crippen molar-refractivity contribution < 1.29 is 14.5 Å². The van der Waals surface area contributed by atoms with Gasteiger partial charge >= 0.3 is 6.09 Å². The molecule has 0 aliphatic rings. The Balaban J connectivity index is 1.87. The Labute approximate surface area is 119 Å². The first kappa shape index (κ1) is 14.0. The van der Waals surface area contributed by atoms with E-state index in [1.807, 2.05) is 5.38 Å². The molecule has 0 unspecified atom stereocenters. The highest BCUT2D eigenvalue weighted by Crippen LogP contribution is 2.20. The molecule has 6 nitrogen and oxygen atoms in total. The van der Waals surface area contributed by atoms with Crippen LogP contribution >= 0.6 is 11.3 Å². The number of nitro groups is 1. The Bertz CT molecular complexity index is 622. The molecule has 0 saturated carbocycles. The van der Waals surface area contributed by atoms with Crippen LogP contribution in [-0.2, 0) is 11.3 Å². The lowest BCUT2D eigenvalue weighted by Crippen LogP contribution is -2.13. The molecule has 1 radical (unpaired) electrons. The van der Waals surface area contributed by atoms with Crippen molar-refractivity contribution in [3.05, 3.63) is 63.2 Å². The highest BCUT2D eigenvalue weighted by atomic mass is 32.1. The summed E-state index contributed by atoms with van der Waals surface area (Å²) < 4.78 is 5.01. The minimum absolute atomic E-state index is 0.00169. The van der Waals surface area contributed by atoms with Crippen LogP contribution in [0.3, 0.4) is 0 Å². The van der Waals surface area contributed by atoms with E-state index in [0.717, 1.165) is 4.88 Å². The fraction of sp³-hybridized carbons (Fsp3) is 0.0769. The quantitative estimate of drug-likeness (QED) is 0.689. The largest absolute Gasteiger partial charge is 0.444 e. The van der Waals surface area contributed by atoms with Crippen molar-refractivity contribution in [2.75, 3.05) is 5.32 Å². The van der Waals surface area contributed by atoms with E-state index >= 15 is 0 Å². The zero-order valence-electron chi connectivity index (χ0n) is 10.4. The fourth-order valence-electron chi connectivity index (χ4n) is 1.46. The summed E-state index contributed by atoms with van der Waals surface area (Å²) >= 11 is 1.42. The van der Waals surface area contributed by atoms with E-state index in [2.05, 4.69) is 12.2 Å². The number of carbonyl (C=O) groups excluding carboxylic acids is 1. The summed E-state index contributed by atoms with van der Waals surface area (Å²) in [4.78, 5) is 22.3. The third-order valence-corrected chi connectivity index (χ3v) is 3.28. The zero-order chi connectivity index (χ0) is 14.5. The monoisotopic (exact) mass is 291 g/mol. The summed E-state index contributed by atoms with van der Waals surface area (Å²) in [7, 11) is 0. The summed E-state index contributed by atoms with van der Waals surface area (Å²) in [5.74, 6) is 0. The average molecular weight is 291 g/mol. The minimum Gasteiger partial charge on any atom is -0.444 e. The van der Waals surface area contributed by atoms with Gasteiger partial charge < -0.3 is 4.74 Å². The second-order valence-electron chi connectivity index (χ2n) is 3.88. The first-order valence-electron chi connectivity index (χ1n) is 5.63. The number of nitrogens with one attached hydrogen (secondary N) is 1. The molecular formula is C13H11N2O4S. The van der Waals surface area contributed by atoms with Gasteiger partial charge in [-0.25, -0.2) is 4.79 Å². The number of nitro benzene ring substituents is 1. The molecule has 0 bridgehead atoms. The van der Waals surface area contributed by atoms with Crippen molar-refractivity contribution in [1.82, 2.24) is 0 Å². The Morgan fingerprint density at radius 3 is 2.60 bits per heavy atom. The van der Waals surface area contributed by atoms with Gasteiger partial charge in [-0.2, -0.15) is 0 Å². The number of nitrogens with zero attached hydrogens (tertiary/aromatic N) is 1. The number of ether oxygens (including phenoxy) is 1. The van der Waals surface area contributed by atoms with Crippen molar-refractivity contribution in [2.24, 2.45) is 0 Å². The molecule has 0 atom stereocenters. The molecule has 1 aromatic heterocycles. The Morgan fingerprint density at radius 1 is 1.35 bits per heavy atom. The molecule has 7 heteroatoms. The van der Waals surface area contributed by atoms with Gasteiger partial charge in [0.25, 0.3) is 5.69 Å². The Kier molecular flexibility index (Phi) is 4.31. The number of thiophene rings is 1. The van der Waals surface area contributed by atoms with Crippen molar-refractivity contribution in [3.63, 3.8) is 0 Å². The zero-order valence-corrected chi connectivity index (χ0v) is 11.2. The average Bonchev–Trinajstić information content (AvgIpc) is 2.82. The summed E-state index contributed by atoms with van der Waals surface area (Å²) in [6.45, 7) is 3.80. The minimum atomic E-state index is -0.591. The molecular weight excluding hydrogens is 280 g/mol. The van der Waals surface area contributed by atoms with Gasteiger partial charge in [0.05, 0.1) is 10.6 Å². The molecule has 0 saturated heterocycles. The van der Waals surface area contributed by atoms with E-state index in [1.165, 1.54) is 23.5 Å². The number of benzene rings is 1. The lowest BCUT2D eigenvalue weighted by atomic mass is 10.2. The summed E-state index contributed by atoms with van der Waals surface area (Å²) in [5.41, 5.74) is 1.28. The van der Waals surface area contributed by atoms with Gasteiger partial charge in [0.15, 0.2) is 0 Å². The predicted molar refractivity (Wildman–Crippen MR) is 75.7 cm³/mol. The molecule has 0 aliphatic heterocycles. The van der Waals surface area contributed by atoms with Gasteiger partial charge in [-0.1, -0.05) is 0 Å². The molecule has 20 heavy (non-hydrogen) atoms. The van der Waals surface area contributed by atoms with Gasteiger partial charge in [-0.3, -0.25) is 15.4 Å². The molecule has 1 heterocycles. The molecule has 1 aromatic carbocycles. The molecule has 2 rings (SSSR count). The molecule has 2 aromatic rings. The van der Waals surface area contributed by atoms with E-state index < -0.39 is 11.0 Å². The van der Waals surface area contributed by atoms with Gasteiger partial charge in [0.1, 0.15) is 6.61 Å². The van der Waals surface area contributed by atoms with Crippen LogP contribution in [0.2, 0.25) is 0 Å². The normalized spacial score (nSPS) is 10.1. The molecule has 0 fully saturated rings. The predicted octanol–water partition coefficient (Wildman–Crippen LogP) is 3.59. The van der Waals surface area contributed by atoms with Crippen LogP contribution in [0, 0.1) is 17.0 Å². The third-order valence-electron chi connectivity index (χ3n) is 2.50. The maximum absolute atomic E-state index is 11.5. The summed E-state index contributed by atoms with van der Waals surface area (Å²) in [5, 5.41) is 14.9. The fourth-order valence-corrected chi connectivity index (χ4v) is 2.08. The van der Waals surface area contributed by atoms with Gasteiger partial charge in [-0.05, 0) is 36.1 Å². The number of hydrogen-bond acceptors (Lipinski definition) is 5. The summed E-state index contributed by atoms with van der Waals surface area (Å²) in [6.07, 6.45) is -0.591. The lowest BCUT2D eigenvalue weighted by Gasteiger charge is -2.06. The number of carbonyl (C=O) groups is 1. The van der Waals surface area contributed by atoms with E-state index in [4.69, 9.17) is 4.74 Å². The van der Waals surface area contributed by atoms with Gasteiger partial charge in [0, 0.05) is 17.0 Å². The van der Waals surface area contributed by atoms with Crippen LogP contribution in [0.1, 0.15) is 10.4 Å². The maximum atomic E-state index is 11.5. The van der Waals surface area contributed by atoms with Crippen LogP contribution in [0.25, 0.3) is 0 Å². The van der Waals surface area contributed by atoms with Crippen LogP contribution in [0.15, 0.2) is 35.7 Å². The number of non-ortho nitro benzene ring substituents is 1.